The van der Waals surface area contributed by atoms with Crippen LogP contribution in [0.15, 0.2) is 96.2 Å². The Morgan fingerprint density at radius 3 is 2.66 bits per heavy atom. The van der Waals surface area contributed by atoms with E-state index in [0.717, 1.165) is 67.7 Å². The molecule has 3 fully saturated rings. The van der Waals surface area contributed by atoms with E-state index in [9.17, 15) is 23.3 Å². The molecule has 1 saturated carbocycles. The van der Waals surface area contributed by atoms with Gasteiger partial charge in [-0.05, 0) is 129 Å². The summed E-state index contributed by atoms with van der Waals surface area (Å²) in [6, 6.07) is 22.7. The van der Waals surface area contributed by atoms with Gasteiger partial charge in [-0.1, -0.05) is 30.3 Å². The summed E-state index contributed by atoms with van der Waals surface area (Å²) in [5.74, 6) is -0.140. The number of pyridine rings is 1. The van der Waals surface area contributed by atoms with Crippen LogP contribution in [0.25, 0.3) is 16.6 Å². The molecule has 0 bridgehead atoms. The number of ether oxygens (including phenoxy) is 2. The molecule has 2 aliphatic carbocycles. The van der Waals surface area contributed by atoms with Gasteiger partial charge in [0.25, 0.3) is 21.6 Å². The zero-order valence-corrected chi connectivity index (χ0v) is 35.0. The second kappa shape index (κ2) is 17.3. The molecule has 61 heavy (non-hydrogen) atoms. The molecule has 2 aliphatic heterocycles. The van der Waals surface area contributed by atoms with Crippen molar-refractivity contribution in [3.63, 3.8) is 0 Å². The quantitative estimate of drug-likeness (QED) is 0.0722. The monoisotopic (exact) mass is 845 g/mol. The van der Waals surface area contributed by atoms with Crippen molar-refractivity contribution in [3.8, 4) is 11.5 Å². The minimum Gasteiger partial charge on any atom is -0.455 e. The molecule has 0 spiro atoms. The Bertz CT molecular complexity index is 2580. The topological polar surface area (TPSA) is 172 Å². The van der Waals surface area contributed by atoms with Gasteiger partial charge in [-0.3, -0.25) is 19.8 Å². The third-order valence-corrected chi connectivity index (χ3v) is 14.1. The maximum Gasteiger partial charge on any atom is 0.293 e. The number of amides is 1. The number of carbonyl (C=O) groups excluding carboxylic acids is 1. The van der Waals surface area contributed by atoms with Gasteiger partial charge in [0.2, 0.25) is 0 Å². The molecule has 1 amide bonds. The lowest BCUT2D eigenvalue weighted by atomic mass is 9.88. The number of nitrogens with one attached hydrogen (secondary N) is 3. The van der Waals surface area contributed by atoms with Crippen molar-refractivity contribution in [2.75, 3.05) is 43.6 Å². The number of hydrogen-bond acceptors (Lipinski definition) is 11. The molecular formula is C46H51N7O7S. The van der Waals surface area contributed by atoms with Crippen molar-refractivity contribution < 1.29 is 27.6 Å². The predicted molar refractivity (Wildman–Crippen MR) is 235 cm³/mol. The lowest BCUT2D eigenvalue weighted by Gasteiger charge is -2.37. The molecule has 5 aromatic rings. The van der Waals surface area contributed by atoms with Crippen molar-refractivity contribution in [1.29, 1.82) is 0 Å². The van der Waals surface area contributed by atoms with Crippen LogP contribution in [-0.4, -0.2) is 79.6 Å². The Balaban J connectivity index is 0.951. The number of aromatic amines is 1. The average molecular weight is 846 g/mol. The van der Waals surface area contributed by atoms with Gasteiger partial charge in [-0.15, -0.1) is 0 Å². The van der Waals surface area contributed by atoms with E-state index in [1.807, 2.05) is 12.1 Å². The van der Waals surface area contributed by atoms with Crippen LogP contribution in [0.4, 0.5) is 17.1 Å². The fourth-order valence-corrected chi connectivity index (χ4v) is 10.2. The second-order valence-corrected chi connectivity index (χ2v) is 18.3. The zero-order chi connectivity index (χ0) is 42.1. The van der Waals surface area contributed by atoms with Crippen LogP contribution in [0.3, 0.4) is 0 Å². The molecule has 2 saturated heterocycles. The van der Waals surface area contributed by atoms with Gasteiger partial charge in [-0.25, -0.2) is 18.1 Å². The van der Waals surface area contributed by atoms with E-state index in [1.165, 1.54) is 48.8 Å². The van der Waals surface area contributed by atoms with Crippen LogP contribution in [0.5, 0.6) is 11.5 Å². The summed E-state index contributed by atoms with van der Waals surface area (Å²) in [6.45, 7) is 2.82. The van der Waals surface area contributed by atoms with Crippen LogP contribution >= 0.6 is 0 Å². The Labute approximate surface area is 355 Å². The number of hydrogen-bond donors (Lipinski definition) is 3. The number of benzene rings is 3. The highest BCUT2D eigenvalue weighted by Crippen LogP contribution is 2.44. The molecule has 4 aliphatic rings. The van der Waals surface area contributed by atoms with E-state index in [1.54, 1.807) is 24.4 Å². The highest BCUT2D eigenvalue weighted by atomic mass is 32.2. The van der Waals surface area contributed by atoms with Gasteiger partial charge < -0.3 is 24.7 Å². The predicted octanol–water partition coefficient (Wildman–Crippen LogP) is 8.59. The van der Waals surface area contributed by atoms with Gasteiger partial charge in [0, 0.05) is 68.3 Å². The summed E-state index contributed by atoms with van der Waals surface area (Å²) < 4.78 is 41.3. The number of aromatic nitrogens is 2. The minimum absolute atomic E-state index is 0.0187. The fourth-order valence-electron chi connectivity index (χ4n) is 9.21. The van der Waals surface area contributed by atoms with Crippen LogP contribution in [-0.2, 0) is 14.8 Å². The molecule has 2 unspecified atom stereocenters. The normalized spacial score (nSPS) is 20.0. The summed E-state index contributed by atoms with van der Waals surface area (Å²) >= 11 is 0. The first-order valence-electron chi connectivity index (χ1n) is 21.3. The van der Waals surface area contributed by atoms with Crippen molar-refractivity contribution in [3.05, 3.63) is 118 Å². The van der Waals surface area contributed by atoms with Gasteiger partial charge in [0.1, 0.15) is 22.8 Å². The van der Waals surface area contributed by atoms with Crippen LogP contribution < -0.4 is 19.7 Å². The maximum atomic E-state index is 13.9. The standard InChI is InChI=1S/C46H51N7O7S/c1-51(34-13-14-34)41-6-3-2-5-38(41)42-7-4-22-52(42)35-11-8-31(9-12-35)32-10-16-39(44(26-32)60-36-25-33-18-21-47-45(33)49-29-36)46(54)50-61(57,58)37-15-17-40(43(27-37)53(55)56)48-28-30-19-23-59-24-20-30/h2-3,5-6,8,10,15-18,21,25-27,29-30,34-35,42,48H,4,7,9,11-14,19-20,22-24,28H2,1H3,(H,47,49)(H,50,54). The van der Waals surface area contributed by atoms with E-state index >= 15 is 0 Å². The first-order valence-corrected chi connectivity index (χ1v) is 22.8. The van der Waals surface area contributed by atoms with Gasteiger partial charge in [0.05, 0.1) is 21.6 Å². The summed E-state index contributed by atoms with van der Waals surface area (Å²) in [5.41, 5.74) is 5.21. The molecule has 2 aromatic heterocycles. The third kappa shape index (κ3) is 8.86. The number of likely N-dealkylation sites (tertiary alicyclic amines) is 1. The summed E-state index contributed by atoms with van der Waals surface area (Å²) in [6.07, 6.45) is 14.7. The maximum absolute atomic E-state index is 13.9. The number of para-hydroxylation sites is 1. The third-order valence-electron chi connectivity index (χ3n) is 12.7. The molecule has 2 atom stereocenters. The molecule has 3 N–H and O–H groups in total. The van der Waals surface area contributed by atoms with E-state index < -0.39 is 31.4 Å². The van der Waals surface area contributed by atoms with E-state index in [0.29, 0.717) is 49.3 Å². The minimum atomic E-state index is -4.54. The van der Waals surface area contributed by atoms with E-state index in [2.05, 4.69) is 67.2 Å². The van der Waals surface area contributed by atoms with Gasteiger partial charge >= 0.3 is 0 Å². The lowest BCUT2D eigenvalue weighted by molar-refractivity contribution is -0.384. The van der Waals surface area contributed by atoms with Gasteiger partial charge in [-0.2, -0.15) is 0 Å². The Morgan fingerprint density at radius 2 is 1.87 bits per heavy atom. The lowest BCUT2D eigenvalue weighted by Crippen LogP contribution is -2.36. The molecule has 4 heterocycles. The number of nitro groups is 1. The van der Waals surface area contributed by atoms with Crippen molar-refractivity contribution in [2.24, 2.45) is 5.92 Å². The molecule has 14 nitrogen and oxygen atoms in total. The highest BCUT2D eigenvalue weighted by molar-refractivity contribution is 7.90. The molecule has 318 valence electrons. The van der Waals surface area contributed by atoms with Crippen molar-refractivity contribution >= 4 is 49.6 Å². The first kappa shape index (κ1) is 40.6. The largest absolute Gasteiger partial charge is 0.455 e. The molecular weight excluding hydrogens is 795 g/mol. The van der Waals surface area contributed by atoms with Crippen LogP contribution in [0.1, 0.15) is 85.3 Å². The number of rotatable bonds is 14. The van der Waals surface area contributed by atoms with Crippen molar-refractivity contribution in [1.82, 2.24) is 19.6 Å². The second-order valence-electron chi connectivity index (χ2n) is 16.7. The fraction of sp³-hybridized carbons (Fsp3) is 0.391. The van der Waals surface area contributed by atoms with Crippen molar-refractivity contribution in [2.45, 2.75) is 80.8 Å². The summed E-state index contributed by atoms with van der Waals surface area (Å²) in [5, 5.41) is 16.0. The number of allylic oxidation sites excluding steroid dienone is 1. The number of carbonyl (C=O) groups is 1. The van der Waals surface area contributed by atoms with Gasteiger partial charge in [0.15, 0.2) is 0 Å². The van der Waals surface area contributed by atoms with E-state index in [4.69, 9.17) is 9.47 Å². The average Bonchev–Trinajstić information content (AvgIpc) is 3.82. The Morgan fingerprint density at radius 1 is 1.03 bits per heavy atom. The molecule has 9 rings (SSSR count). The number of nitrogens with zero attached hydrogens (tertiary/aromatic N) is 4. The van der Waals surface area contributed by atoms with E-state index in [-0.39, 0.29) is 22.9 Å². The molecule has 3 aromatic carbocycles. The number of fused-ring (bicyclic) bond motifs is 1. The number of anilines is 2. The Hall–Kier alpha value is -5.77. The highest BCUT2D eigenvalue weighted by Gasteiger charge is 2.36. The summed E-state index contributed by atoms with van der Waals surface area (Å²) in [7, 11) is -2.32. The number of H-pyrrole nitrogens is 1. The number of sulfonamides is 1. The summed E-state index contributed by atoms with van der Waals surface area (Å²) in [4.78, 5) is 37.6. The first-order chi connectivity index (χ1) is 29.6. The van der Waals surface area contributed by atoms with Crippen LogP contribution in [0, 0.1) is 16.0 Å². The van der Waals surface area contributed by atoms with Crippen LogP contribution in [0.2, 0.25) is 0 Å². The Kier molecular flexibility index (Phi) is 11.5. The molecule has 0 radical (unpaired) electrons. The SMILES string of the molecule is CN(c1ccccc1C1CCCN1C1CC=C(c2ccc(C(=O)NS(=O)(=O)c3ccc(NCC4CCOCC4)c([N+](=O)[O-])c3)c(Oc3cnc4[nH]ccc4c3)c2)CC1)C1CC1. The molecule has 15 heteroatoms. The smallest absolute Gasteiger partial charge is 0.293 e. The number of nitro benzene ring substituents is 1. The zero-order valence-electron chi connectivity index (χ0n) is 34.2.